The van der Waals surface area contributed by atoms with Crippen LogP contribution in [-0.2, 0) is 4.79 Å². The van der Waals surface area contributed by atoms with Crippen molar-refractivity contribution in [2.75, 3.05) is 37.9 Å². The summed E-state index contributed by atoms with van der Waals surface area (Å²) in [6, 6.07) is 1.45. The predicted molar refractivity (Wildman–Crippen MR) is 72.8 cm³/mol. The number of hydrogen-bond acceptors (Lipinski definition) is 5. The van der Waals surface area contributed by atoms with Gasteiger partial charge in [-0.1, -0.05) is 0 Å². The third-order valence-electron chi connectivity index (χ3n) is 2.63. The molecule has 0 radical (unpaired) electrons. The fraction of sp³-hybridized carbons (Fsp3) is 0.583. The topological polar surface area (TPSA) is 61.4 Å². The fourth-order valence-electron chi connectivity index (χ4n) is 1.41. The second-order valence-corrected chi connectivity index (χ2v) is 4.35. The first kappa shape index (κ1) is 14.2. The number of likely N-dealkylation sites (N-methyl/N-ethyl adjacent to an activating group) is 1. The van der Waals surface area contributed by atoms with Crippen molar-refractivity contribution in [3.63, 3.8) is 0 Å². The normalized spacial score (nSPS) is 11.8. The molecule has 6 heteroatoms. The van der Waals surface area contributed by atoms with Crippen LogP contribution in [-0.4, -0.2) is 54.5 Å². The highest BCUT2D eigenvalue weighted by Crippen LogP contribution is 2.09. The van der Waals surface area contributed by atoms with Crippen LogP contribution < -0.4 is 10.2 Å². The highest BCUT2D eigenvalue weighted by atomic mass is 16.2. The Labute approximate surface area is 108 Å². The van der Waals surface area contributed by atoms with E-state index in [1.54, 1.807) is 24.2 Å². The lowest BCUT2D eigenvalue weighted by molar-refractivity contribution is -0.130. The van der Waals surface area contributed by atoms with E-state index in [1.165, 1.54) is 0 Å². The summed E-state index contributed by atoms with van der Waals surface area (Å²) in [4.78, 5) is 23.8. The van der Waals surface area contributed by atoms with Crippen LogP contribution in [0.25, 0.3) is 0 Å². The standard InChI is InChI=1S/C12H21N5O/c1-6-17(5)11(18)9(2)14-10-7-8-13-12(15-10)16(3)4/h7-9H,6H2,1-5H3,(H,13,14,15). The van der Waals surface area contributed by atoms with E-state index in [-0.39, 0.29) is 11.9 Å². The second-order valence-electron chi connectivity index (χ2n) is 4.35. The lowest BCUT2D eigenvalue weighted by atomic mass is 10.3. The van der Waals surface area contributed by atoms with Gasteiger partial charge in [-0.05, 0) is 19.9 Å². The van der Waals surface area contributed by atoms with Crippen molar-refractivity contribution in [1.82, 2.24) is 14.9 Å². The summed E-state index contributed by atoms with van der Waals surface area (Å²) >= 11 is 0. The molecule has 1 amide bonds. The van der Waals surface area contributed by atoms with Crippen molar-refractivity contribution in [2.24, 2.45) is 0 Å². The SMILES string of the molecule is CCN(C)C(=O)C(C)Nc1ccnc(N(C)C)n1. The van der Waals surface area contributed by atoms with Crippen LogP contribution in [0.3, 0.4) is 0 Å². The van der Waals surface area contributed by atoms with E-state index in [2.05, 4.69) is 15.3 Å². The number of carbonyl (C=O) groups is 1. The number of nitrogens with one attached hydrogen (secondary N) is 1. The first-order chi connectivity index (χ1) is 8.45. The van der Waals surface area contributed by atoms with Crippen molar-refractivity contribution < 1.29 is 4.79 Å². The maximum absolute atomic E-state index is 11.9. The lowest BCUT2D eigenvalue weighted by Crippen LogP contribution is -2.39. The van der Waals surface area contributed by atoms with Crippen molar-refractivity contribution in [1.29, 1.82) is 0 Å². The average molecular weight is 251 g/mol. The molecule has 1 heterocycles. The molecular formula is C12H21N5O. The molecule has 1 rings (SSSR count). The van der Waals surface area contributed by atoms with Gasteiger partial charge >= 0.3 is 0 Å². The third kappa shape index (κ3) is 3.58. The van der Waals surface area contributed by atoms with E-state index in [0.29, 0.717) is 18.3 Å². The molecule has 0 spiro atoms. The van der Waals surface area contributed by atoms with Crippen LogP contribution in [0.2, 0.25) is 0 Å². The van der Waals surface area contributed by atoms with E-state index >= 15 is 0 Å². The highest BCUT2D eigenvalue weighted by molar-refractivity contribution is 5.83. The van der Waals surface area contributed by atoms with Gasteiger partial charge < -0.3 is 15.1 Å². The first-order valence-corrected chi connectivity index (χ1v) is 5.97. The minimum absolute atomic E-state index is 0.0440. The van der Waals surface area contributed by atoms with E-state index < -0.39 is 0 Å². The first-order valence-electron chi connectivity index (χ1n) is 5.97. The summed E-state index contributed by atoms with van der Waals surface area (Å²) in [5.41, 5.74) is 0. The molecule has 100 valence electrons. The molecular weight excluding hydrogens is 230 g/mol. The van der Waals surface area contributed by atoms with Gasteiger partial charge in [0.1, 0.15) is 11.9 Å². The molecule has 6 nitrogen and oxygen atoms in total. The molecule has 0 saturated heterocycles. The molecule has 1 aromatic rings. The smallest absolute Gasteiger partial charge is 0.244 e. The van der Waals surface area contributed by atoms with Crippen LogP contribution in [0, 0.1) is 0 Å². The summed E-state index contributed by atoms with van der Waals surface area (Å²) in [5.74, 6) is 1.31. The summed E-state index contributed by atoms with van der Waals surface area (Å²) in [7, 11) is 5.53. The maximum atomic E-state index is 11.9. The summed E-state index contributed by atoms with van der Waals surface area (Å²) in [5, 5.41) is 3.08. The van der Waals surface area contributed by atoms with Gasteiger partial charge in [-0.3, -0.25) is 4.79 Å². The number of amides is 1. The van der Waals surface area contributed by atoms with Crippen molar-refractivity contribution in [2.45, 2.75) is 19.9 Å². The Morgan fingerprint density at radius 2 is 2.11 bits per heavy atom. The molecule has 0 aliphatic rings. The minimum atomic E-state index is -0.306. The van der Waals surface area contributed by atoms with Crippen LogP contribution >= 0.6 is 0 Å². The molecule has 0 fully saturated rings. The molecule has 0 bridgehead atoms. The Balaban J connectivity index is 2.72. The van der Waals surface area contributed by atoms with Gasteiger partial charge in [-0.15, -0.1) is 0 Å². The average Bonchev–Trinajstić information content (AvgIpc) is 2.37. The molecule has 1 aromatic heterocycles. The fourth-order valence-corrected chi connectivity index (χ4v) is 1.41. The van der Waals surface area contributed by atoms with E-state index in [0.717, 1.165) is 0 Å². The van der Waals surface area contributed by atoms with E-state index in [1.807, 2.05) is 32.8 Å². The van der Waals surface area contributed by atoms with Crippen LogP contribution in [0.1, 0.15) is 13.8 Å². The van der Waals surface area contributed by atoms with Crippen LogP contribution in [0.4, 0.5) is 11.8 Å². The Kier molecular flexibility index (Phi) is 4.88. The van der Waals surface area contributed by atoms with Gasteiger partial charge in [0.2, 0.25) is 11.9 Å². The zero-order valence-corrected chi connectivity index (χ0v) is 11.6. The molecule has 1 N–H and O–H groups in total. The van der Waals surface area contributed by atoms with Crippen molar-refractivity contribution >= 4 is 17.7 Å². The highest BCUT2D eigenvalue weighted by Gasteiger charge is 2.16. The quantitative estimate of drug-likeness (QED) is 0.839. The molecule has 0 aliphatic heterocycles. The molecule has 0 aliphatic carbocycles. The van der Waals surface area contributed by atoms with Crippen molar-refractivity contribution in [3.05, 3.63) is 12.3 Å². The van der Waals surface area contributed by atoms with Gasteiger partial charge in [0.15, 0.2) is 0 Å². The summed E-state index contributed by atoms with van der Waals surface area (Å²) < 4.78 is 0. The monoisotopic (exact) mass is 251 g/mol. The second kappa shape index (κ2) is 6.18. The van der Waals surface area contributed by atoms with Crippen LogP contribution in [0.15, 0.2) is 12.3 Å². The van der Waals surface area contributed by atoms with Gasteiger partial charge in [-0.25, -0.2) is 4.98 Å². The number of aromatic nitrogens is 2. The van der Waals surface area contributed by atoms with Crippen molar-refractivity contribution in [3.8, 4) is 0 Å². The van der Waals surface area contributed by atoms with Gasteiger partial charge in [0, 0.05) is 33.9 Å². The minimum Gasteiger partial charge on any atom is -0.358 e. The van der Waals surface area contributed by atoms with Crippen LogP contribution in [0.5, 0.6) is 0 Å². The Hall–Kier alpha value is -1.85. The lowest BCUT2D eigenvalue weighted by Gasteiger charge is -2.21. The molecule has 1 atom stereocenters. The maximum Gasteiger partial charge on any atom is 0.244 e. The number of anilines is 2. The summed E-state index contributed by atoms with van der Waals surface area (Å²) in [6.45, 7) is 4.46. The largest absolute Gasteiger partial charge is 0.358 e. The zero-order valence-electron chi connectivity index (χ0n) is 11.6. The zero-order chi connectivity index (χ0) is 13.7. The molecule has 0 aromatic carbocycles. The number of hydrogen-bond donors (Lipinski definition) is 1. The Morgan fingerprint density at radius 1 is 1.44 bits per heavy atom. The van der Waals surface area contributed by atoms with E-state index in [9.17, 15) is 4.79 Å². The molecule has 1 unspecified atom stereocenters. The third-order valence-corrected chi connectivity index (χ3v) is 2.63. The van der Waals surface area contributed by atoms with Gasteiger partial charge in [0.25, 0.3) is 0 Å². The Morgan fingerprint density at radius 3 is 2.67 bits per heavy atom. The molecule has 0 saturated carbocycles. The predicted octanol–water partition coefficient (Wildman–Crippen LogP) is 0.821. The molecule has 18 heavy (non-hydrogen) atoms. The van der Waals surface area contributed by atoms with Gasteiger partial charge in [0.05, 0.1) is 0 Å². The summed E-state index contributed by atoms with van der Waals surface area (Å²) in [6.07, 6.45) is 1.67. The Bertz CT molecular complexity index is 407. The number of nitrogens with zero attached hydrogens (tertiary/aromatic N) is 4. The van der Waals surface area contributed by atoms with Gasteiger partial charge in [-0.2, -0.15) is 4.98 Å². The number of carbonyl (C=O) groups excluding carboxylic acids is 1. The van der Waals surface area contributed by atoms with E-state index in [4.69, 9.17) is 0 Å². The number of rotatable bonds is 5.